The van der Waals surface area contributed by atoms with Crippen LogP contribution in [0.4, 0.5) is 13.2 Å². The molecule has 0 radical (unpaired) electrons. The molecule has 1 aliphatic heterocycles. The maximum absolute atomic E-state index is 14.1. The summed E-state index contributed by atoms with van der Waals surface area (Å²) in [5.41, 5.74) is 0.904. The van der Waals surface area contributed by atoms with Gasteiger partial charge in [-0.1, -0.05) is 6.07 Å². The van der Waals surface area contributed by atoms with Crippen LogP contribution in [0.15, 0.2) is 24.3 Å². The number of methoxy groups -OCH3 is 1. The monoisotopic (exact) mass is 353 g/mol. The second-order valence-electron chi connectivity index (χ2n) is 5.33. The SMILES string of the molecule is COc1cc2c(nn1)CCN(C(=O)c1c(F)cccc1OC(F)F)C2. The van der Waals surface area contributed by atoms with Gasteiger partial charge in [0.25, 0.3) is 5.91 Å². The van der Waals surface area contributed by atoms with Crippen LogP contribution in [0, 0.1) is 5.82 Å². The second-order valence-corrected chi connectivity index (χ2v) is 5.33. The van der Waals surface area contributed by atoms with Gasteiger partial charge in [-0.2, -0.15) is 13.9 Å². The number of carbonyl (C=O) groups excluding carboxylic acids is 1. The summed E-state index contributed by atoms with van der Waals surface area (Å²) in [4.78, 5) is 14.0. The lowest BCUT2D eigenvalue weighted by molar-refractivity contribution is -0.0504. The number of amides is 1. The number of hydrogen-bond donors (Lipinski definition) is 0. The van der Waals surface area contributed by atoms with E-state index in [-0.39, 0.29) is 13.1 Å². The van der Waals surface area contributed by atoms with Crippen molar-refractivity contribution < 1.29 is 27.4 Å². The van der Waals surface area contributed by atoms with Gasteiger partial charge in [0.05, 0.1) is 12.8 Å². The van der Waals surface area contributed by atoms with Gasteiger partial charge in [0.2, 0.25) is 5.88 Å². The summed E-state index contributed by atoms with van der Waals surface area (Å²) in [7, 11) is 1.44. The third-order valence-corrected chi connectivity index (χ3v) is 3.82. The van der Waals surface area contributed by atoms with Crippen molar-refractivity contribution in [2.75, 3.05) is 13.7 Å². The number of halogens is 3. The maximum atomic E-state index is 14.1. The molecule has 3 rings (SSSR count). The lowest BCUT2D eigenvalue weighted by Crippen LogP contribution is -2.37. The molecule has 0 saturated heterocycles. The molecule has 1 aromatic heterocycles. The smallest absolute Gasteiger partial charge is 0.387 e. The van der Waals surface area contributed by atoms with E-state index in [0.717, 1.165) is 12.1 Å². The molecule has 0 fully saturated rings. The molecule has 25 heavy (non-hydrogen) atoms. The van der Waals surface area contributed by atoms with Crippen LogP contribution < -0.4 is 9.47 Å². The normalized spacial score (nSPS) is 13.6. The Balaban J connectivity index is 1.89. The molecule has 0 bridgehead atoms. The van der Waals surface area contributed by atoms with Crippen LogP contribution in [0.2, 0.25) is 0 Å². The number of ether oxygens (including phenoxy) is 2. The van der Waals surface area contributed by atoms with Crippen LogP contribution in [0.3, 0.4) is 0 Å². The molecule has 1 aromatic carbocycles. The Hall–Kier alpha value is -2.84. The van der Waals surface area contributed by atoms with Crippen LogP contribution in [0.5, 0.6) is 11.6 Å². The van der Waals surface area contributed by atoms with Crippen LogP contribution >= 0.6 is 0 Å². The lowest BCUT2D eigenvalue weighted by Gasteiger charge is -2.28. The summed E-state index contributed by atoms with van der Waals surface area (Å²) >= 11 is 0. The van der Waals surface area contributed by atoms with Crippen LogP contribution in [0.25, 0.3) is 0 Å². The van der Waals surface area contributed by atoms with Crippen LogP contribution in [0.1, 0.15) is 21.6 Å². The summed E-state index contributed by atoms with van der Waals surface area (Å²) in [6, 6.07) is 5.00. The zero-order valence-corrected chi connectivity index (χ0v) is 13.2. The van der Waals surface area contributed by atoms with Gasteiger partial charge in [-0.05, 0) is 12.1 Å². The highest BCUT2D eigenvalue weighted by molar-refractivity contribution is 5.97. The molecule has 2 aromatic rings. The third kappa shape index (κ3) is 3.49. The van der Waals surface area contributed by atoms with E-state index in [0.29, 0.717) is 23.6 Å². The highest BCUT2D eigenvalue weighted by atomic mass is 19.3. The van der Waals surface area contributed by atoms with E-state index in [1.807, 2.05) is 0 Å². The zero-order chi connectivity index (χ0) is 18.0. The molecular weight excluding hydrogens is 339 g/mol. The largest absolute Gasteiger partial charge is 0.480 e. The molecule has 9 heteroatoms. The summed E-state index contributed by atoms with van der Waals surface area (Å²) in [6.07, 6.45) is 0.414. The summed E-state index contributed by atoms with van der Waals surface area (Å²) < 4.78 is 48.4. The first kappa shape index (κ1) is 17.0. The zero-order valence-electron chi connectivity index (χ0n) is 13.2. The standard InChI is InChI=1S/C16H14F3N3O3/c1-24-13-7-9-8-22(6-5-11(9)20-21-13)15(23)14-10(17)3-2-4-12(14)25-16(18)19/h2-4,7,16H,5-6,8H2,1H3. The number of hydrogen-bond acceptors (Lipinski definition) is 5. The van der Waals surface area contributed by atoms with Gasteiger partial charge in [0, 0.05) is 31.1 Å². The molecule has 1 aliphatic rings. The van der Waals surface area contributed by atoms with Gasteiger partial charge in [-0.25, -0.2) is 4.39 Å². The van der Waals surface area contributed by atoms with E-state index >= 15 is 0 Å². The van der Waals surface area contributed by atoms with Crippen molar-refractivity contribution in [1.82, 2.24) is 15.1 Å². The molecule has 0 saturated carbocycles. The predicted molar refractivity (Wildman–Crippen MR) is 80.1 cm³/mol. The van der Waals surface area contributed by atoms with Gasteiger partial charge < -0.3 is 14.4 Å². The Morgan fingerprint density at radius 1 is 1.32 bits per heavy atom. The average molecular weight is 353 g/mol. The summed E-state index contributed by atoms with van der Waals surface area (Å²) in [5.74, 6) is -1.84. The Bertz CT molecular complexity index is 801. The van der Waals surface area contributed by atoms with Gasteiger partial charge >= 0.3 is 6.61 Å². The molecule has 2 heterocycles. The summed E-state index contributed by atoms with van der Waals surface area (Å²) in [6.45, 7) is -2.76. The van der Waals surface area contributed by atoms with Crippen LogP contribution in [-0.4, -0.2) is 41.3 Å². The Labute approximate surface area is 141 Å². The van der Waals surface area contributed by atoms with Gasteiger partial charge in [0.1, 0.15) is 17.1 Å². The molecule has 0 spiro atoms. The average Bonchev–Trinajstić information content (AvgIpc) is 2.60. The summed E-state index contributed by atoms with van der Waals surface area (Å²) in [5, 5.41) is 7.88. The molecule has 0 atom stereocenters. The number of rotatable bonds is 4. The van der Waals surface area contributed by atoms with Crippen molar-refractivity contribution in [3.8, 4) is 11.6 Å². The van der Waals surface area contributed by atoms with Gasteiger partial charge in [0.15, 0.2) is 0 Å². The first-order chi connectivity index (χ1) is 12.0. The minimum Gasteiger partial charge on any atom is -0.480 e. The first-order valence-corrected chi connectivity index (χ1v) is 7.41. The highest BCUT2D eigenvalue weighted by Gasteiger charge is 2.28. The highest BCUT2D eigenvalue weighted by Crippen LogP contribution is 2.27. The number of nitrogens with zero attached hydrogens (tertiary/aromatic N) is 3. The van der Waals surface area contributed by atoms with E-state index in [1.165, 1.54) is 18.1 Å². The molecule has 0 unspecified atom stereocenters. The minimum atomic E-state index is -3.16. The van der Waals surface area contributed by atoms with Crippen molar-refractivity contribution >= 4 is 5.91 Å². The van der Waals surface area contributed by atoms with Crippen molar-refractivity contribution in [1.29, 1.82) is 0 Å². The van der Waals surface area contributed by atoms with E-state index < -0.39 is 29.6 Å². The van der Waals surface area contributed by atoms with Crippen molar-refractivity contribution in [3.63, 3.8) is 0 Å². The van der Waals surface area contributed by atoms with Crippen molar-refractivity contribution in [2.24, 2.45) is 0 Å². The molecule has 0 N–H and O–H groups in total. The quantitative estimate of drug-likeness (QED) is 0.845. The number of benzene rings is 1. The van der Waals surface area contributed by atoms with E-state index in [9.17, 15) is 18.0 Å². The Kier molecular flexibility index (Phi) is 4.73. The van der Waals surface area contributed by atoms with Crippen molar-refractivity contribution in [2.45, 2.75) is 19.6 Å². The topological polar surface area (TPSA) is 64.6 Å². The fourth-order valence-corrected chi connectivity index (χ4v) is 2.65. The molecule has 6 nitrogen and oxygen atoms in total. The number of carbonyl (C=O) groups is 1. The third-order valence-electron chi connectivity index (χ3n) is 3.82. The Morgan fingerprint density at radius 3 is 2.84 bits per heavy atom. The second kappa shape index (κ2) is 6.96. The molecule has 132 valence electrons. The van der Waals surface area contributed by atoms with Gasteiger partial charge in [-0.15, -0.1) is 5.10 Å². The van der Waals surface area contributed by atoms with E-state index in [1.54, 1.807) is 6.07 Å². The number of fused-ring (bicyclic) bond motifs is 1. The minimum absolute atomic E-state index is 0.141. The number of aromatic nitrogens is 2. The van der Waals surface area contributed by atoms with E-state index in [2.05, 4.69) is 14.9 Å². The number of alkyl halides is 2. The molecule has 0 aliphatic carbocycles. The fourth-order valence-electron chi connectivity index (χ4n) is 2.65. The van der Waals surface area contributed by atoms with Gasteiger partial charge in [-0.3, -0.25) is 4.79 Å². The fraction of sp³-hybridized carbons (Fsp3) is 0.312. The first-order valence-electron chi connectivity index (χ1n) is 7.41. The van der Waals surface area contributed by atoms with Crippen molar-refractivity contribution in [3.05, 3.63) is 46.9 Å². The molecule has 1 amide bonds. The maximum Gasteiger partial charge on any atom is 0.387 e. The predicted octanol–water partition coefficient (Wildman–Crippen LogP) is 2.42. The Morgan fingerprint density at radius 2 is 2.12 bits per heavy atom. The van der Waals surface area contributed by atoms with Crippen LogP contribution in [-0.2, 0) is 13.0 Å². The van der Waals surface area contributed by atoms with E-state index in [4.69, 9.17) is 4.74 Å². The molecular formula is C16H14F3N3O3. The lowest BCUT2D eigenvalue weighted by atomic mass is 10.0.